The standard InChI is InChI=1S/C13H19NO2S2/c1-2-5-10-12(13(15)16)18-11(14-10)8-17-9-6-3-4-7-9/h9H,2-8H2,1H3,(H,15,16). The van der Waals surface area contributed by atoms with Crippen LogP contribution in [0.1, 0.15) is 59.4 Å². The summed E-state index contributed by atoms with van der Waals surface area (Å²) in [6.45, 7) is 2.05. The van der Waals surface area contributed by atoms with Crippen LogP contribution in [0.4, 0.5) is 0 Å². The van der Waals surface area contributed by atoms with Crippen LogP contribution in [0.25, 0.3) is 0 Å². The molecule has 0 amide bonds. The Morgan fingerprint density at radius 1 is 1.50 bits per heavy atom. The fourth-order valence-electron chi connectivity index (χ4n) is 2.28. The van der Waals surface area contributed by atoms with Gasteiger partial charge in [0.1, 0.15) is 9.88 Å². The third-order valence-corrected chi connectivity index (χ3v) is 5.82. The van der Waals surface area contributed by atoms with Crippen LogP contribution in [0.15, 0.2) is 0 Å². The number of carboxylic acid groups (broad SMARTS) is 1. The Morgan fingerprint density at radius 3 is 2.83 bits per heavy atom. The van der Waals surface area contributed by atoms with Crippen molar-refractivity contribution in [1.29, 1.82) is 0 Å². The van der Waals surface area contributed by atoms with E-state index >= 15 is 0 Å². The van der Waals surface area contributed by atoms with Crippen molar-refractivity contribution < 1.29 is 9.90 Å². The van der Waals surface area contributed by atoms with Crippen molar-refractivity contribution in [1.82, 2.24) is 4.98 Å². The van der Waals surface area contributed by atoms with Crippen LogP contribution in [0, 0.1) is 0 Å². The molecule has 1 aromatic heterocycles. The zero-order chi connectivity index (χ0) is 13.0. The molecule has 0 saturated heterocycles. The molecule has 1 aliphatic carbocycles. The molecule has 0 unspecified atom stereocenters. The van der Waals surface area contributed by atoms with E-state index in [1.807, 2.05) is 11.8 Å². The lowest BCUT2D eigenvalue weighted by atomic mass is 10.2. The van der Waals surface area contributed by atoms with Gasteiger partial charge in [-0.1, -0.05) is 26.2 Å². The summed E-state index contributed by atoms with van der Waals surface area (Å²) in [7, 11) is 0. The van der Waals surface area contributed by atoms with Crippen LogP contribution < -0.4 is 0 Å². The van der Waals surface area contributed by atoms with E-state index in [1.54, 1.807) is 0 Å². The van der Waals surface area contributed by atoms with Gasteiger partial charge in [0.05, 0.1) is 5.69 Å². The van der Waals surface area contributed by atoms with Gasteiger partial charge in [-0.05, 0) is 19.3 Å². The molecular weight excluding hydrogens is 266 g/mol. The predicted molar refractivity (Wildman–Crippen MR) is 76.6 cm³/mol. The Kier molecular flexibility index (Phi) is 5.06. The Bertz CT molecular complexity index is 411. The monoisotopic (exact) mass is 285 g/mol. The zero-order valence-corrected chi connectivity index (χ0v) is 12.3. The van der Waals surface area contributed by atoms with Gasteiger partial charge in [0.25, 0.3) is 0 Å². The van der Waals surface area contributed by atoms with E-state index in [-0.39, 0.29) is 0 Å². The van der Waals surface area contributed by atoms with Crippen LogP contribution in [-0.2, 0) is 12.2 Å². The normalized spacial score (nSPS) is 16.3. The first kappa shape index (κ1) is 13.9. The molecule has 1 aromatic rings. The maximum absolute atomic E-state index is 11.1. The van der Waals surface area contributed by atoms with E-state index in [0.717, 1.165) is 34.5 Å². The van der Waals surface area contributed by atoms with Gasteiger partial charge < -0.3 is 5.11 Å². The van der Waals surface area contributed by atoms with Gasteiger partial charge in [-0.3, -0.25) is 0 Å². The second-order valence-electron chi connectivity index (χ2n) is 4.66. The van der Waals surface area contributed by atoms with Crippen molar-refractivity contribution in [2.75, 3.05) is 0 Å². The van der Waals surface area contributed by atoms with Gasteiger partial charge in [0.2, 0.25) is 0 Å². The molecule has 1 fully saturated rings. The topological polar surface area (TPSA) is 50.2 Å². The third kappa shape index (κ3) is 3.48. The molecular formula is C13H19NO2S2. The van der Waals surface area contributed by atoms with E-state index < -0.39 is 5.97 Å². The van der Waals surface area contributed by atoms with Gasteiger partial charge in [-0.2, -0.15) is 11.8 Å². The lowest BCUT2D eigenvalue weighted by Gasteiger charge is -2.05. The molecule has 0 spiro atoms. The number of aryl methyl sites for hydroxylation is 1. The molecule has 0 radical (unpaired) electrons. The van der Waals surface area contributed by atoms with Gasteiger partial charge >= 0.3 is 5.97 Å². The van der Waals surface area contributed by atoms with E-state index in [2.05, 4.69) is 11.9 Å². The smallest absolute Gasteiger partial charge is 0.347 e. The number of hydrogen-bond acceptors (Lipinski definition) is 4. The van der Waals surface area contributed by atoms with E-state index in [4.69, 9.17) is 5.11 Å². The summed E-state index contributed by atoms with van der Waals surface area (Å²) in [5.41, 5.74) is 0.775. The highest BCUT2D eigenvalue weighted by Crippen LogP contribution is 2.33. The van der Waals surface area contributed by atoms with Crippen LogP contribution in [0.3, 0.4) is 0 Å². The summed E-state index contributed by atoms with van der Waals surface area (Å²) in [6, 6.07) is 0. The van der Waals surface area contributed by atoms with Gasteiger partial charge in [-0.25, -0.2) is 9.78 Å². The molecule has 0 atom stereocenters. The summed E-state index contributed by atoms with van der Waals surface area (Å²) in [4.78, 5) is 16.1. The first-order chi connectivity index (χ1) is 8.70. The number of rotatable bonds is 6. The van der Waals surface area contributed by atoms with Crippen molar-refractivity contribution in [2.24, 2.45) is 0 Å². The van der Waals surface area contributed by atoms with Gasteiger partial charge in [0, 0.05) is 11.0 Å². The Balaban J connectivity index is 1.99. The van der Waals surface area contributed by atoms with Crippen LogP contribution >= 0.6 is 23.1 Å². The molecule has 0 aromatic carbocycles. The number of aromatic nitrogens is 1. The molecule has 2 rings (SSSR count). The highest BCUT2D eigenvalue weighted by Gasteiger charge is 2.19. The second kappa shape index (κ2) is 6.57. The van der Waals surface area contributed by atoms with Crippen molar-refractivity contribution >= 4 is 29.1 Å². The second-order valence-corrected chi connectivity index (χ2v) is 7.03. The number of nitrogens with zero attached hydrogens (tertiary/aromatic N) is 1. The summed E-state index contributed by atoms with van der Waals surface area (Å²) in [6.07, 6.45) is 7.02. The summed E-state index contributed by atoms with van der Waals surface area (Å²) in [5.74, 6) is 0.0485. The molecule has 100 valence electrons. The Hall–Kier alpha value is -0.550. The highest BCUT2D eigenvalue weighted by atomic mass is 32.2. The number of thioether (sulfide) groups is 1. The number of thiazole rings is 1. The summed E-state index contributed by atoms with van der Waals surface area (Å²) in [5, 5.41) is 10.9. The molecule has 3 nitrogen and oxygen atoms in total. The lowest BCUT2D eigenvalue weighted by Crippen LogP contribution is -1.98. The van der Waals surface area contributed by atoms with Crippen molar-refractivity contribution in [3.05, 3.63) is 15.6 Å². The van der Waals surface area contributed by atoms with E-state index in [1.165, 1.54) is 37.0 Å². The fraction of sp³-hybridized carbons (Fsp3) is 0.692. The molecule has 1 heterocycles. The molecule has 18 heavy (non-hydrogen) atoms. The van der Waals surface area contributed by atoms with Gasteiger partial charge in [0.15, 0.2) is 0 Å². The third-order valence-electron chi connectivity index (χ3n) is 3.17. The summed E-state index contributed by atoms with van der Waals surface area (Å²) >= 11 is 3.30. The minimum Gasteiger partial charge on any atom is -0.477 e. The summed E-state index contributed by atoms with van der Waals surface area (Å²) < 4.78 is 0. The number of hydrogen-bond donors (Lipinski definition) is 1. The van der Waals surface area contributed by atoms with Crippen LogP contribution in [0.5, 0.6) is 0 Å². The zero-order valence-electron chi connectivity index (χ0n) is 10.6. The van der Waals surface area contributed by atoms with Crippen molar-refractivity contribution in [3.8, 4) is 0 Å². The largest absolute Gasteiger partial charge is 0.477 e. The highest BCUT2D eigenvalue weighted by molar-refractivity contribution is 7.99. The molecule has 0 aliphatic heterocycles. The molecule has 1 N–H and O–H groups in total. The quantitative estimate of drug-likeness (QED) is 0.859. The Morgan fingerprint density at radius 2 is 2.22 bits per heavy atom. The van der Waals surface area contributed by atoms with Crippen molar-refractivity contribution in [3.63, 3.8) is 0 Å². The minimum atomic E-state index is -0.826. The maximum atomic E-state index is 11.1. The molecule has 1 aliphatic rings. The van der Waals surface area contributed by atoms with Crippen LogP contribution in [-0.4, -0.2) is 21.3 Å². The molecule has 5 heteroatoms. The van der Waals surface area contributed by atoms with E-state index in [9.17, 15) is 4.79 Å². The number of carboxylic acids is 1. The SMILES string of the molecule is CCCc1nc(CSC2CCCC2)sc1C(=O)O. The van der Waals surface area contributed by atoms with Crippen molar-refractivity contribution in [2.45, 2.75) is 56.5 Å². The molecule has 0 bridgehead atoms. The number of carbonyl (C=O) groups is 1. The first-order valence-corrected chi connectivity index (χ1v) is 8.40. The van der Waals surface area contributed by atoms with Gasteiger partial charge in [-0.15, -0.1) is 11.3 Å². The fourth-order valence-corrected chi connectivity index (χ4v) is 4.57. The average Bonchev–Trinajstić information content (AvgIpc) is 2.95. The first-order valence-electron chi connectivity index (χ1n) is 6.54. The van der Waals surface area contributed by atoms with Crippen LogP contribution in [0.2, 0.25) is 0 Å². The lowest BCUT2D eigenvalue weighted by molar-refractivity contribution is 0.0700. The minimum absolute atomic E-state index is 0.443. The number of aromatic carboxylic acids is 1. The average molecular weight is 285 g/mol. The Labute approximate surface area is 116 Å². The molecule has 1 saturated carbocycles. The van der Waals surface area contributed by atoms with E-state index in [0.29, 0.717) is 4.88 Å². The predicted octanol–water partition coefficient (Wildman–Crippen LogP) is 3.97. The maximum Gasteiger partial charge on any atom is 0.347 e.